The van der Waals surface area contributed by atoms with Crippen LogP contribution in [0.3, 0.4) is 0 Å². The molecule has 14 aromatic rings. The van der Waals surface area contributed by atoms with Gasteiger partial charge in [0.1, 0.15) is 0 Å². The van der Waals surface area contributed by atoms with Crippen LogP contribution in [0.25, 0.3) is 135 Å². The van der Waals surface area contributed by atoms with Crippen LogP contribution in [0.1, 0.15) is 0 Å². The predicted molar refractivity (Wildman–Crippen MR) is 277 cm³/mol. The summed E-state index contributed by atoms with van der Waals surface area (Å²) < 4.78 is 7.37. The number of thiophene rings is 2. The highest BCUT2D eigenvalue weighted by Gasteiger charge is 2.24. The maximum Gasteiger partial charge on any atom is 0.166 e. The third kappa shape index (κ3) is 5.71. The largest absolute Gasteiger partial charge is 0.308 e. The smallest absolute Gasteiger partial charge is 0.166 e. The zero-order valence-corrected chi connectivity index (χ0v) is 36.4. The van der Waals surface area contributed by atoms with E-state index in [1.54, 1.807) is 11.3 Å². The molecule has 0 aliphatic heterocycles. The second-order valence-electron chi connectivity index (χ2n) is 16.7. The van der Waals surface area contributed by atoms with Crippen molar-refractivity contribution in [2.75, 3.05) is 0 Å². The SMILES string of the molecule is c1ccc(-c2ccc(-c3nc(-c4cc5sc6ccccc6c5cc4-n4c5cc6ccccc6cc5c5ccc6ccccc6c54)nc(-c4cccc5sc6ccccc6c45)n3)cc2)cc1. The number of rotatable bonds is 5. The van der Waals surface area contributed by atoms with E-state index in [9.17, 15) is 0 Å². The second kappa shape index (κ2) is 14.2. The van der Waals surface area contributed by atoms with E-state index in [1.165, 1.54) is 72.8 Å². The summed E-state index contributed by atoms with van der Waals surface area (Å²) in [6.07, 6.45) is 0. The van der Waals surface area contributed by atoms with Gasteiger partial charge in [-0.15, -0.1) is 22.7 Å². The number of hydrogen-bond donors (Lipinski definition) is 0. The molecule has 65 heavy (non-hydrogen) atoms. The molecule has 0 N–H and O–H groups in total. The van der Waals surface area contributed by atoms with E-state index in [2.05, 4.69) is 211 Å². The first-order valence-electron chi connectivity index (χ1n) is 21.8. The molecule has 0 unspecified atom stereocenters. The fourth-order valence-corrected chi connectivity index (χ4v) is 12.2. The molecule has 0 bridgehead atoms. The molecule has 302 valence electrons. The van der Waals surface area contributed by atoms with Crippen LogP contribution in [0.2, 0.25) is 0 Å². The standard InChI is InChI=1S/C59H34N4S2/c1-2-13-35(14-3-1)36-25-27-38(28-26-36)57-60-58(45-21-12-24-53-55(45)44-20-9-11-23-52(44)64-53)62-59(61-57)48-34-54-47(42-19-8-10-22-51(42)65-54)33-50(48)63-49-32-40-17-5-4-16-39(40)31-46(49)43-30-29-37-15-6-7-18-41(37)56(43)63/h1-34H. The summed E-state index contributed by atoms with van der Waals surface area (Å²) >= 11 is 3.62. The molecule has 0 spiro atoms. The van der Waals surface area contributed by atoms with Crippen molar-refractivity contribution < 1.29 is 0 Å². The van der Waals surface area contributed by atoms with Crippen molar-refractivity contribution in [3.05, 3.63) is 206 Å². The molecule has 0 aliphatic carbocycles. The first kappa shape index (κ1) is 36.5. The third-order valence-electron chi connectivity index (χ3n) is 13.0. The topological polar surface area (TPSA) is 43.6 Å². The third-order valence-corrected chi connectivity index (χ3v) is 15.3. The number of hydrogen-bond acceptors (Lipinski definition) is 5. The summed E-state index contributed by atoms with van der Waals surface area (Å²) in [6.45, 7) is 0. The van der Waals surface area contributed by atoms with Crippen molar-refractivity contribution in [2.24, 2.45) is 0 Å². The highest BCUT2D eigenvalue weighted by Crippen LogP contribution is 2.45. The minimum Gasteiger partial charge on any atom is -0.308 e. The fourth-order valence-electron chi connectivity index (χ4n) is 9.99. The molecular formula is C59H34N4S2. The molecule has 0 saturated heterocycles. The zero-order chi connectivity index (χ0) is 42.6. The first-order valence-corrected chi connectivity index (χ1v) is 23.5. The first-order chi connectivity index (χ1) is 32.2. The highest BCUT2D eigenvalue weighted by atomic mass is 32.1. The van der Waals surface area contributed by atoms with E-state index in [4.69, 9.17) is 15.0 Å². The van der Waals surface area contributed by atoms with Crippen molar-refractivity contribution in [1.82, 2.24) is 19.5 Å². The van der Waals surface area contributed by atoms with Crippen LogP contribution >= 0.6 is 22.7 Å². The molecule has 0 amide bonds. The Morgan fingerprint density at radius 1 is 0.323 bits per heavy atom. The Kier molecular flexibility index (Phi) is 7.99. The van der Waals surface area contributed by atoms with Crippen LogP contribution in [0.15, 0.2) is 206 Å². The lowest BCUT2D eigenvalue weighted by Gasteiger charge is -2.16. The van der Waals surface area contributed by atoms with E-state index in [0.29, 0.717) is 17.5 Å². The van der Waals surface area contributed by atoms with Crippen molar-refractivity contribution in [1.29, 1.82) is 0 Å². The molecule has 0 fully saturated rings. The normalized spacial score (nSPS) is 12.0. The minimum absolute atomic E-state index is 0.624. The Balaban J connectivity index is 1.11. The summed E-state index contributed by atoms with van der Waals surface area (Å²) in [5.74, 6) is 1.90. The molecule has 10 aromatic carbocycles. The summed E-state index contributed by atoms with van der Waals surface area (Å²) in [7, 11) is 0. The maximum atomic E-state index is 5.58. The van der Waals surface area contributed by atoms with Gasteiger partial charge in [-0.1, -0.05) is 164 Å². The van der Waals surface area contributed by atoms with E-state index >= 15 is 0 Å². The summed E-state index contributed by atoms with van der Waals surface area (Å²) in [4.78, 5) is 16.5. The second-order valence-corrected chi connectivity index (χ2v) is 18.9. The maximum absolute atomic E-state index is 5.58. The Morgan fingerprint density at radius 3 is 1.74 bits per heavy atom. The molecule has 4 aromatic heterocycles. The Hall–Kier alpha value is -8.03. The summed E-state index contributed by atoms with van der Waals surface area (Å²) in [6, 6.07) is 74.5. The fraction of sp³-hybridized carbons (Fsp3) is 0. The van der Waals surface area contributed by atoms with Crippen LogP contribution in [0.4, 0.5) is 0 Å². The van der Waals surface area contributed by atoms with Crippen LogP contribution in [-0.4, -0.2) is 19.5 Å². The molecule has 0 radical (unpaired) electrons. The van der Waals surface area contributed by atoms with Gasteiger partial charge in [0.05, 0.1) is 16.7 Å². The van der Waals surface area contributed by atoms with Gasteiger partial charge in [-0.25, -0.2) is 15.0 Å². The molecule has 0 saturated carbocycles. The number of aromatic nitrogens is 4. The Bertz CT molecular complexity index is 4240. The number of benzene rings is 10. The van der Waals surface area contributed by atoms with E-state index < -0.39 is 0 Å². The van der Waals surface area contributed by atoms with Crippen LogP contribution in [0.5, 0.6) is 0 Å². The quantitative estimate of drug-likeness (QED) is 0.173. The Labute approximate surface area is 381 Å². The van der Waals surface area contributed by atoms with E-state index in [-0.39, 0.29) is 0 Å². The molecule has 4 nitrogen and oxygen atoms in total. The average Bonchev–Trinajstić information content (AvgIpc) is 4.04. The van der Waals surface area contributed by atoms with Crippen molar-refractivity contribution in [3.8, 4) is 51.0 Å². The molecular weight excluding hydrogens is 829 g/mol. The molecule has 0 aliphatic rings. The van der Waals surface area contributed by atoms with Gasteiger partial charge in [0.15, 0.2) is 17.5 Å². The van der Waals surface area contributed by atoms with Crippen molar-refractivity contribution >= 4 is 106 Å². The van der Waals surface area contributed by atoms with Gasteiger partial charge in [0, 0.05) is 73.2 Å². The van der Waals surface area contributed by atoms with Gasteiger partial charge >= 0.3 is 0 Å². The van der Waals surface area contributed by atoms with Gasteiger partial charge in [-0.3, -0.25) is 0 Å². The monoisotopic (exact) mass is 862 g/mol. The van der Waals surface area contributed by atoms with Crippen molar-refractivity contribution in [2.45, 2.75) is 0 Å². The Morgan fingerprint density at radius 2 is 0.923 bits per heavy atom. The molecule has 14 rings (SSSR count). The van der Waals surface area contributed by atoms with Crippen LogP contribution in [-0.2, 0) is 0 Å². The van der Waals surface area contributed by atoms with Gasteiger partial charge in [-0.2, -0.15) is 0 Å². The van der Waals surface area contributed by atoms with Crippen LogP contribution in [0, 0.1) is 0 Å². The number of fused-ring (bicyclic) bond motifs is 12. The summed E-state index contributed by atoms with van der Waals surface area (Å²) in [5.41, 5.74) is 8.48. The lowest BCUT2D eigenvalue weighted by Crippen LogP contribution is -2.04. The molecule has 6 heteroatoms. The lowest BCUT2D eigenvalue weighted by molar-refractivity contribution is 1.07. The molecule has 4 heterocycles. The lowest BCUT2D eigenvalue weighted by atomic mass is 10.0. The van der Waals surface area contributed by atoms with Gasteiger partial charge < -0.3 is 4.57 Å². The minimum atomic E-state index is 0.624. The number of nitrogens with zero attached hydrogens (tertiary/aromatic N) is 4. The van der Waals surface area contributed by atoms with Gasteiger partial charge in [0.25, 0.3) is 0 Å². The van der Waals surface area contributed by atoms with E-state index in [0.717, 1.165) is 44.4 Å². The molecule has 0 atom stereocenters. The average molecular weight is 863 g/mol. The van der Waals surface area contributed by atoms with Gasteiger partial charge in [-0.05, 0) is 69.8 Å². The highest BCUT2D eigenvalue weighted by molar-refractivity contribution is 7.26. The van der Waals surface area contributed by atoms with E-state index in [1.807, 2.05) is 11.3 Å². The van der Waals surface area contributed by atoms with Gasteiger partial charge in [0.2, 0.25) is 0 Å². The van der Waals surface area contributed by atoms with Crippen LogP contribution < -0.4 is 0 Å². The zero-order valence-electron chi connectivity index (χ0n) is 34.7. The van der Waals surface area contributed by atoms with Crippen molar-refractivity contribution in [3.63, 3.8) is 0 Å². The summed E-state index contributed by atoms with van der Waals surface area (Å²) in [5, 5.41) is 12.0. The predicted octanol–water partition coefficient (Wildman–Crippen LogP) is 16.7.